The fourth-order valence-electron chi connectivity index (χ4n) is 2.45. The Labute approximate surface area is 114 Å². The maximum absolute atomic E-state index is 12.6. The zero-order valence-corrected chi connectivity index (χ0v) is 11.0. The molecule has 0 saturated carbocycles. The van der Waals surface area contributed by atoms with Gasteiger partial charge < -0.3 is 10.0 Å². The molecular formula is C13H15ClF3NO. The first-order valence-electron chi connectivity index (χ1n) is 6.13. The minimum absolute atomic E-state index is 0.0842. The van der Waals surface area contributed by atoms with Crippen molar-refractivity contribution < 1.29 is 18.3 Å². The average Bonchev–Trinajstić information content (AvgIpc) is 2.37. The third kappa shape index (κ3) is 3.15. The van der Waals surface area contributed by atoms with Crippen molar-refractivity contribution in [3.05, 3.63) is 28.8 Å². The highest BCUT2D eigenvalue weighted by atomic mass is 35.5. The first-order chi connectivity index (χ1) is 8.93. The van der Waals surface area contributed by atoms with Gasteiger partial charge in [-0.15, -0.1) is 0 Å². The van der Waals surface area contributed by atoms with Crippen LogP contribution in [0.15, 0.2) is 18.2 Å². The van der Waals surface area contributed by atoms with Gasteiger partial charge in [0.25, 0.3) is 0 Å². The van der Waals surface area contributed by atoms with Gasteiger partial charge in [-0.25, -0.2) is 0 Å². The van der Waals surface area contributed by atoms with Crippen molar-refractivity contribution in [1.82, 2.24) is 0 Å². The quantitative estimate of drug-likeness (QED) is 0.900. The van der Waals surface area contributed by atoms with Crippen LogP contribution < -0.4 is 4.90 Å². The Hall–Kier alpha value is -0.940. The molecule has 0 spiro atoms. The predicted octanol–water partition coefficient (Wildman–Crippen LogP) is 3.61. The molecule has 0 atom stereocenters. The van der Waals surface area contributed by atoms with E-state index in [0.717, 1.165) is 5.69 Å². The molecule has 0 aromatic heterocycles. The number of hydrogen-bond acceptors (Lipinski definition) is 2. The summed E-state index contributed by atoms with van der Waals surface area (Å²) >= 11 is 5.98. The van der Waals surface area contributed by atoms with Gasteiger partial charge in [-0.3, -0.25) is 0 Å². The van der Waals surface area contributed by atoms with Gasteiger partial charge in [0.2, 0.25) is 0 Å². The summed E-state index contributed by atoms with van der Waals surface area (Å²) in [4.78, 5) is 1.86. The molecule has 1 N–H and O–H groups in total. The summed E-state index contributed by atoms with van der Waals surface area (Å²) in [7, 11) is 0. The lowest BCUT2D eigenvalue weighted by atomic mass is 9.95. The molecule has 0 aliphatic carbocycles. The Bertz CT molecular complexity index is 442. The summed E-state index contributed by atoms with van der Waals surface area (Å²) in [5.41, 5.74) is 1.31. The van der Waals surface area contributed by atoms with E-state index in [4.69, 9.17) is 11.6 Å². The number of aliphatic hydroxyl groups is 1. The normalized spacial score (nSPS) is 17.8. The van der Waals surface area contributed by atoms with Gasteiger partial charge in [0.05, 0.1) is 12.5 Å². The van der Waals surface area contributed by atoms with Crippen LogP contribution in [0.5, 0.6) is 0 Å². The molecular weight excluding hydrogens is 279 g/mol. The second-order valence-corrected chi connectivity index (χ2v) is 5.11. The summed E-state index contributed by atoms with van der Waals surface area (Å²) in [6, 6.07) is 5.19. The molecule has 2 rings (SSSR count). The molecule has 1 saturated heterocycles. The van der Waals surface area contributed by atoms with Gasteiger partial charge in [0, 0.05) is 29.4 Å². The number of halogens is 4. The van der Waals surface area contributed by atoms with E-state index in [1.165, 1.54) is 0 Å². The Morgan fingerprint density at radius 3 is 2.42 bits per heavy atom. The molecule has 1 aliphatic rings. The van der Waals surface area contributed by atoms with Crippen molar-refractivity contribution in [2.24, 2.45) is 5.92 Å². The number of piperidine rings is 1. The summed E-state index contributed by atoms with van der Waals surface area (Å²) in [6.45, 7) is 0.448. The van der Waals surface area contributed by atoms with Crippen LogP contribution in [0.25, 0.3) is 0 Å². The van der Waals surface area contributed by atoms with Crippen LogP contribution in [0, 0.1) is 5.92 Å². The Balaban J connectivity index is 2.12. The van der Waals surface area contributed by atoms with E-state index in [9.17, 15) is 18.3 Å². The highest BCUT2D eigenvalue weighted by Crippen LogP contribution is 2.37. The van der Waals surface area contributed by atoms with Crippen LogP contribution in [-0.2, 0) is 6.61 Å². The third-order valence-corrected chi connectivity index (χ3v) is 3.90. The number of alkyl halides is 3. The van der Waals surface area contributed by atoms with Gasteiger partial charge in [-0.2, -0.15) is 13.2 Å². The van der Waals surface area contributed by atoms with E-state index in [2.05, 4.69) is 0 Å². The molecule has 1 aromatic carbocycles. The van der Waals surface area contributed by atoms with Crippen LogP contribution >= 0.6 is 11.6 Å². The number of anilines is 1. The van der Waals surface area contributed by atoms with Crippen molar-refractivity contribution in [3.63, 3.8) is 0 Å². The zero-order valence-electron chi connectivity index (χ0n) is 10.3. The molecule has 6 heteroatoms. The van der Waals surface area contributed by atoms with Crippen molar-refractivity contribution in [2.45, 2.75) is 25.6 Å². The first kappa shape index (κ1) is 14.5. The number of aliphatic hydroxyl groups excluding tert-OH is 1. The summed E-state index contributed by atoms with van der Waals surface area (Å²) in [5, 5.41) is 9.76. The van der Waals surface area contributed by atoms with Crippen molar-refractivity contribution in [3.8, 4) is 0 Å². The van der Waals surface area contributed by atoms with Gasteiger partial charge in [0.1, 0.15) is 0 Å². The molecule has 0 bridgehead atoms. The van der Waals surface area contributed by atoms with Gasteiger partial charge in [-0.05, 0) is 25.0 Å². The molecule has 1 heterocycles. The second kappa shape index (κ2) is 5.59. The molecule has 19 heavy (non-hydrogen) atoms. The smallest absolute Gasteiger partial charge is 0.391 e. The average molecular weight is 294 g/mol. The van der Waals surface area contributed by atoms with Crippen LogP contribution in [-0.4, -0.2) is 24.4 Å². The number of benzene rings is 1. The Kier molecular flexibility index (Phi) is 4.26. The van der Waals surface area contributed by atoms with Crippen molar-refractivity contribution >= 4 is 17.3 Å². The lowest BCUT2D eigenvalue weighted by molar-refractivity contribution is -0.179. The zero-order chi connectivity index (χ0) is 14.0. The monoisotopic (exact) mass is 293 g/mol. The summed E-state index contributed by atoms with van der Waals surface area (Å²) < 4.78 is 37.8. The molecule has 0 unspecified atom stereocenters. The van der Waals surface area contributed by atoms with Gasteiger partial charge in [0.15, 0.2) is 0 Å². The number of hydrogen-bond donors (Lipinski definition) is 1. The molecule has 0 amide bonds. The maximum Gasteiger partial charge on any atom is 0.391 e. The van der Waals surface area contributed by atoms with Gasteiger partial charge in [-0.1, -0.05) is 17.7 Å². The largest absolute Gasteiger partial charge is 0.392 e. The number of nitrogens with zero attached hydrogens (tertiary/aromatic N) is 1. The number of rotatable bonds is 2. The molecule has 1 aromatic rings. The minimum Gasteiger partial charge on any atom is -0.392 e. The Morgan fingerprint density at radius 1 is 1.26 bits per heavy atom. The van der Waals surface area contributed by atoms with E-state index in [1.54, 1.807) is 18.2 Å². The molecule has 106 valence electrons. The van der Waals surface area contributed by atoms with Crippen LogP contribution in [0.3, 0.4) is 0 Å². The van der Waals surface area contributed by atoms with Gasteiger partial charge >= 0.3 is 6.18 Å². The van der Waals surface area contributed by atoms with Crippen molar-refractivity contribution in [2.75, 3.05) is 18.0 Å². The molecule has 1 fully saturated rings. The van der Waals surface area contributed by atoms with Crippen molar-refractivity contribution in [1.29, 1.82) is 0 Å². The van der Waals surface area contributed by atoms with Crippen LogP contribution in [0.1, 0.15) is 18.4 Å². The first-order valence-corrected chi connectivity index (χ1v) is 6.51. The summed E-state index contributed by atoms with van der Waals surface area (Å²) in [6.07, 6.45) is -3.94. The molecule has 1 aliphatic heterocycles. The lowest BCUT2D eigenvalue weighted by Crippen LogP contribution is -2.39. The summed E-state index contributed by atoms with van der Waals surface area (Å²) in [5.74, 6) is -1.22. The highest BCUT2D eigenvalue weighted by molar-refractivity contribution is 6.31. The maximum atomic E-state index is 12.6. The molecule has 2 nitrogen and oxygen atoms in total. The predicted molar refractivity (Wildman–Crippen MR) is 68.4 cm³/mol. The van der Waals surface area contributed by atoms with Crippen LogP contribution in [0.2, 0.25) is 5.02 Å². The minimum atomic E-state index is -4.11. The van der Waals surface area contributed by atoms with Crippen LogP contribution in [0.4, 0.5) is 18.9 Å². The highest BCUT2D eigenvalue weighted by Gasteiger charge is 2.41. The lowest BCUT2D eigenvalue weighted by Gasteiger charge is -2.35. The second-order valence-electron chi connectivity index (χ2n) is 4.70. The fourth-order valence-corrected chi connectivity index (χ4v) is 2.68. The SMILES string of the molecule is OCc1c(Cl)cccc1N1CCC(C(F)(F)F)CC1. The van der Waals surface area contributed by atoms with E-state index >= 15 is 0 Å². The third-order valence-electron chi connectivity index (χ3n) is 3.55. The Morgan fingerprint density at radius 2 is 1.89 bits per heavy atom. The molecule has 0 radical (unpaired) electrons. The standard InChI is InChI=1S/C13H15ClF3NO/c14-11-2-1-3-12(10(11)8-19)18-6-4-9(5-7-18)13(15,16)17/h1-3,9,19H,4-8H2. The van der Waals surface area contributed by atoms with E-state index in [0.29, 0.717) is 23.7 Å². The fraction of sp³-hybridized carbons (Fsp3) is 0.538. The van der Waals surface area contributed by atoms with E-state index in [-0.39, 0.29) is 19.4 Å². The topological polar surface area (TPSA) is 23.5 Å². The van der Waals surface area contributed by atoms with E-state index in [1.807, 2.05) is 4.90 Å². The van der Waals surface area contributed by atoms with E-state index < -0.39 is 12.1 Å².